The first-order valence-electron chi connectivity index (χ1n) is 19.7. The molecule has 0 fully saturated rings. The molecule has 0 aliphatic carbocycles. The lowest BCUT2D eigenvalue weighted by atomic mass is 10.1. The van der Waals surface area contributed by atoms with Crippen LogP contribution in [0.2, 0.25) is 0 Å². The molecule has 53 heavy (non-hydrogen) atoms. The van der Waals surface area contributed by atoms with Gasteiger partial charge in [-0.15, -0.1) is 0 Å². The third-order valence-electron chi connectivity index (χ3n) is 7.71. The maximum atomic E-state index is 12.4. The first-order valence-corrected chi connectivity index (χ1v) is 21.2. The molecule has 10 heteroatoms. The van der Waals surface area contributed by atoms with Crippen molar-refractivity contribution < 1.29 is 43.0 Å². The van der Waals surface area contributed by atoms with Gasteiger partial charge in [-0.1, -0.05) is 150 Å². The van der Waals surface area contributed by atoms with E-state index in [1.54, 1.807) is 6.08 Å². The highest BCUT2D eigenvalue weighted by Gasteiger charge is 2.22. The van der Waals surface area contributed by atoms with Crippen molar-refractivity contribution in [2.45, 2.75) is 148 Å². The fourth-order valence-electron chi connectivity index (χ4n) is 4.77. The Kier molecular flexibility index (Phi) is 35.1. The lowest BCUT2D eigenvalue weighted by Gasteiger charge is -2.18. The molecule has 2 atom stereocenters. The number of aliphatic hydroxyl groups excluding tert-OH is 1. The van der Waals surface area contributed by atoms with Crippen molar-refractivity contribution in [3.63, 3.8) is 0 Å². The summed E-state index contributed by atoms with van der Waals surface area (Å²) in [4.78, 5) is 42.7. The van der Waals surface area contributed by atoms with Crippen LogP contribution in [0.1, 0.15) is 136 Å². The summed E-state index contributed by atoms with van der Waals surface area (Å²) in [6, 6.07) is 0. The maximum absolute atomic E-state index is 12.4. The second-order valence-electron chi connectivity index (χ2n) is 12.7. The third-order valence-corrected chi connectivity index (χ3v) is 8.19. The molecule has 0 saturated heterocycles. The maximum Gasteiger partial charge on any atom is 0.469 e. The number of rotatable bonds is 34. The molecule has 0 heterocycles. The fourth-order valence-corrected chi connectivity index (χ4v) is 5.13. The Morgan fingerprint density at radius 2 is 1.19 bits per heavy atom. The van der Waals surface area contributed by atoms with Crippen LogP contribution in [0, 0.1) is 0 Å². The van der Waals surface area contributed by atoms with Gasteiger partial charge in [0.15, 0.2) is 6.10 Å². The molecule has 1 unspecified atom stereocenters. The average Bonchev–Trinajstić information content (AvgIpc) is 3.12. The monoisotopic (exact) mass is 760 g/mol. The van der Waals surface area contributed by atoms with Crippen LogP contribution in [0.4, 0.5) is 0 Å². The molecule has 0 aromatic carbocycles. The zero-order valence-corrected chi connectivity index (χ0v) is 33.4. The first kappa shape index (κ1) is 49.9. The minimum atomic E-state index is -4.80. The Hall–Kier alpha value is -3.07. The van der Waals surface area contributed by atoms with Crippen molar-refractivity contribution in [1.82, 2.24) is 0 Å². The smallest absolute Gasteiger partial charge is 0.462 e. The number of ether oxygens (including phenoxy) is 2. The van der Waals surface area contributed by atoms with E-state index in [0.717, 1.165) is 57.8 Å². The molecule has 0 aliphatic rings. The largest absolute Gasteiger partial charge is 0.469 e. The van der Waals surface area contributed by atoms with Crippen LogP contribution in [0.25, 0.3) is 0 Å². The van der Waals surface area contributed by atoms with Gasteiger partial charge in [-0.2, -0.15) is 0 Å². The highest BCUT2D eigenvalue weighted by atomic mass is 31.2. The molecular formula is C43H69O9P. The van der Waals surface area contributed by atoms with Gasteiger partial charge in [0, 0.05) is 12.8 Å². The van der Waals surface area contributed by atoms with Gasteiger partial charge in [0.1, 0.15) is 6.61 Å². The van der Waals surface area contributed by atoms with Gasteiger partial charge in [-0.3, -0.25) is 14.1 Å². The summed E-state index contributed by atoms with van der Waals surface area (Å²) in [7, 11) is -4.80. The average molecular weight is 761 g/mol. The standard InChI is InChI=1S/C43H69O9P/c1-3-5-7-9-11-12-13-14-15-16-17-21-24-28-32-36-42(45)50-38-41(39-51-53(47,48)49)52-43(46)37-33-29-25-22-19-18-20-23-27-31-35-40(44)34-30-26-10-8-6-4-2/h6,8,12-15,18-19,23,25-27,29-31,35,40-41,44H,3-5,7,9-11,16-17,20-22,24,28,32-34,36-39H2,1-2H3,(H2,47,48,49)/b8-6-,13-12-,15-14-,19-18-,27-23-,29-25-,30-26-,35-31+/t40?,41-/m1/s1. The quantitative estimate of drug-likeness (QED) is 0.0192. The summed E-state index contributed by atoms with van der Waals surface area (Å²) >= 11 is 0. The third kappa shape index (κ3) is 40.0. The first-order chi connectivity index (χ1) is 25.7. The minimum Gasteiger partial charge on any atom is -0.462 e. The van der Waals surface area contributed by atoms with Crippen LogP contribution in [0.5, 0.6) is 0 Å². The lowest BCUT2D eigenvalue weighted by Crippen LogP contribution is -2.29. The van der Waals surface area contributed by atoms with Crippen molar-refractivity contribution in [2.75, 3.05) is 13.2 Å². The van der Waals surface area contributed by atoms with E-state index in [4.69, 9.17) is 19.3 Å². The van der Waals surface area contributed by atoms with E-state index in [9.17, 15) is 19.3 Å². The number of phosphoric ester groups is 1. The number of esters is 2. The zero-order chi connectivity index (χ0) is 39.1. The molecule has 0 amide bonds. The normalized spacial score (nSPS) is 14.1. The predicted octanol–water partition coefficient (Wildman–Crippen LogP) is 10.8. The van der Waals surface area contributed by atoms with E-state index in [0.29, 0.717) is 25.7 Å². The van der Waals surface area contributed by atoms with E-state index in [1.165, 1.54) is 25.7 Å². The van der Waals surface area contributed by atoms with E-state index < -0.39 is 38.6 Å². The van der Waals surface area contributed by atoms with Crippen molar-refractivity contribution in [1.29, 1.82) is 0 Å². The molecule has 0 aliphatic heterocycles. The van der Waals surface area contributed by atoms with Crippen LogP contribution in [0.3, 0.4) is 0 Å². The van der Waals surface area contributed by atoms with E-state index >= 15 is 0 Å². The predicted molar refractivity (Wildman–Crippen MR) is 217 cm³/mol. The van der Waals surface area contributed by atoms with Crippen LogP contribution < -0.4 is 0 Å². The van der Waals surface area contributed by atoms with Crippen LogP contribution in [0.15, 0.2) is 97.2 Å². The summed E-state index contributed by atoms with van der Waals surface area (Å²) < 4.78 is 26.2. The number of phosphoric acid groups is 1. The van der Waals surface area contributed by atoms with E-state index in [-0.39, 0.29) is 19.4 Å². The molecule has 0 radical (unpaired) electrons. The van der Waals surface area contributed by atoms with Gasteiger partial charge in [0.25, 0.3) is 0 Å². The van der Waals surface area contributed by atoms with Crippen molar-refractivity contribution in [3.05, 3.63) is 97.2 Å². The summed E-state index contributed by atoms with van der Waals surface area (Å²) in [5.74, 6) is -1.04. The second-order valence-corrected chi connectivity index (χ2v) is 14.0. The summed E-state index contributed by atoms with van der Waals surface area (Å²) in [5, 5.41) is 9.97. The van der Waals surface area contributed by atoms with Crippen LogP contribution >= 0.6 is 7.82 Å². The summed E-state index contributed by atoms with van der Waals surface area (Å²) in [6.07, 6.45) is 47.4. The van der Waals surface area contributed by atoms with Crippen LogP contribution in [-0.2, 0) is 28.2 Å². The molecule has 0 aromatic heterocycles. The molecular weight excluding hydrogens is 691 g/mol. The van der Waals surface area contributed by atoms with Gasteiger partial charge in [0.2, 0.25) is 0 Å². The highest BCUT2D eigenvalue weighted by Crippen LogP contribution is 2.35. The Bertz CT molecular complexity index is 1190. The molecule has 0 bridgehead atoms. The molecule has 300 valence electrons. The van der Waals surface area contributed by atoms with Crippen LogP contribution in [-0.4, -0.2) is 52.3 Å². The van der Waals surface area contributed by atoms with Crippen molar-refractivity contribution in [3.8, 4) is 0 Å². The zero-order valence-electron chi connectivity index (χ0n) is 32.5. The molecule has 3 N–H and O–H groups in total. The molecule has 0 spiro atoms. The van der Waals surface area contributed by atoms with E-state index in [2.05, 4.69) is 60.9 Å². The van der Waals surface area contributed by atoms with Crippen molar-refractivity contribution in [2.24, 2.45) is 0 Å². The van der Waals surface area contributed by atoms with Gasteiger partial charge >= 0.3 is 19.8 Å². The highest BCUT2D eigenvalue weighted by molar-refractivity contribution is 7.46. The molecule has 0 aromatic rings. The number of carbonyl (C=O) groups is 2. The molecule has 0 rings (SSSR count). The fraction of sp³-hybridized carbons (Fsp3) is 0.581. The Morgan fingerprint density at radius 1 is 0.604 bits per heavy atom. The summed E-state index contributed by atoms with van der Waals surface area (Å²) in [6.45, 7) is 3.38. The van der Waals surface area contributed by atoms with Gasteiger partial charge < -0.3 is 24.4 Å². The lowest BCUT2D eigenvalue weighted by molar-refractivity contribution is -0.161. The molecule has 0 saturated carbocycles. The van der Waals surface area contributed by atoms with Gasteiger partial charge in [-0.25, -0.2) is 4.57 Å². The number of unbranched alkanes of at least 4 members (excludes halogenated alkanes) is 9. The number of aliphatic hydroxyl groups is 1. The SMILES string of the molecule is CC/C=C\C/C=C\CC(O)/C=C/C=C\C/C=C\C/C=C\CCC(=O)O[C@H](COC(=O)CCCCCCC/C=C\C=C/CCCCCC)COP(=O)(O)O. The molecule has 9 nitrogen and oxygen atoms in total. The Morgan fingerprint density at radius 3 is 1.87 bits per heavy atom. The Balaban J connectivity index is 4.21. The van der Waals surface area contributed by atoms with Gasteiger partial charge in [-0.05, 0) is 70.6 Å². The Labute approximate surface area is 320 Å². The van der Waals surface area contributed by atoms with Gasteiger partial charge in [0.05, 0.1) is 12.7 Å². The number of allylic oxidation sites excluding steroid dienone is 14. The topological polar surface area (TPSA) is 140 Å². The van der Waals surface area contributed by atoms with Crippen molar-refractivity contribution >= 4 is 19.8 Å². The number of carbonyl (C=O) groups excluding carboxylic acids is 2. The number of hydrogen-bond donors (Lipinski definition) is 3. The summed E-state index contributed by atoms with van der Waals surface area (Å²) in [5.41, 5.74) is 0. The minimum absolute atomic E-state index is 0.0544. The second kappa shape index (κ2) is 37.3. The number of hydrogen-bond acceptors (Lipinski definition) is 7. The van der Waals surface area contributed by atoms with E-state index in [1.807, 2.05) is 48.6 Å².